The van der Waals surface area contributed by atoms with E-state index >= 15 is 0 Å². The summed E-state index contributed by atoms with van der Waals surface area (Å²) in [5.41, 5.74) is 1.13. The van der Waals surface area contributed by atoms with Crippen LogP contribution in [0.1, 0.15) is 39.0 Å². The minimum atomic E-state index is -0.863. The summed E-state index contributed by atoms with van der Waals surface area (Å²) in [5.74, 6) is -0.338. The summed E-state index contributed by atoms with van der Waals surface area (Å²) in [6.45, 7) is 3.57. The molecule has 5 nitrogen and oxygen atoms in total. The first kappa shape index (κ1) is 15.0. The maximum Gasteiger partial charge on any atom is 0.305 e. The Morgan fingerprint density at radius 3 is 2.45 bits per heavy atom. The highest BCUT2D eigenvalue weighted by Crippen LogP contribution is 2.36. The molecule has 0 unspecified atom stereocenters. The average molecular weight is 281 g/mol. The van der Waals surface area contributed by atoms with Crippen molar-refractivity contribution in [2.24, 2.45) is 5.92 Å². The number of carboxylic acids is 1. The van der Waals surface area contributed by atoms with Crippen molar-refractivity contribution in [1.29, 1.82) is 0 Å². The molecule has 2 fully saturated rings. The molecular formula is C15H23NO4. The van der Waals surface area contributed by atoms with E-state index in [1.165, 1.54) is 12.8 Å². The van der Waals surface area contributed by atoms with Gasteiger partial charge in [-0.05, 0) is 38.5 Å². The fraction of sp³-hybridized carbons (Fsp3) is 0.733. The SMILES string of the molecule is C/C(=C/C(=O)N(CCC(=O)O)C1CCOCC1)C1CC1. The molecule has 1 aliphatic heterocycles. The molecule has 5 heteroatoms. The lowest BCUT2D eigenvalue weighted by Crippen LogP contribution is -2.43. The number of aliphatic carboxylic acids is 1. The number of carbonyl (C=O) groups is 2. The van der Waals surface area contributed by atoms with E-state index in [1.54, 1.807) is 11.0 Å². The van der Waals surface area contributed by atoms with E-state index in [-0.39, 0.29) is 24.9 Å². The van der Waals surface area contributed by atoms with Gasteiger partial charge in [-0.2, -0.15) is 0 Å². The number of allylic oxidation sites excluding steroid dienone is 1. The van der Waals surface area contributed by atoms with E-state index in [1.807, 2.05) is 6.92 Å². The van der Waals surface area contributed by atoms with Crippen LogP contribution in [0.4, 0.5) is 0 Å². The van der Waals surface area contributed by atoms with E-state index in [0.29, 0.717) is 19.1 Å². The zero-order chi connectivity index (χ0) is 14.5. The molecule has 0 bridgehead atoms. The monoisotopic (exact) mass is 281 g/mol. The molecule has 1 N–H and O–H groups in total. The van der Waals surface area contributed by atoms with Crippen molar-refractivity contribution < 1.29 is 19.4 Å². The number of hydrogen-bond donors (Lipinski definition) is 1. The molecule has 1 amide bonds. The van der Waals surface area contributed by atoms with Gasteiger partial charge in [-0.3, -0.25) is 9.59 Å². The van der Waals surface area contributed by atoms with Gasteiger partial charge in [0.05, 0.1) is 6.42 Å². The standard InChI is InChI=1S/C15H23NO4/c1-11(12-2-3-12)10-14(17)16(7-4-15(18)19)13-5-8-20-9-6-13/h10,12-13H,2-9H2,1H3,(H,18,19)/b11-10-. The second-order valence-electron chi connectivity index (χ2n) is 5.68. The van der Waals surface area contributed by atoms with Crippen molar-refractivity contribution >= 4 is 11.9 Å². The highest BCUT2D eigenvalue weighted by atomic mass is 16.5. The van der Waals surface area contributed by atoms with E-state index in [4.69, 9.17) is 9.84 Å². The molecule has 1 heterocycles. The Kier molecular flexibility index (Phi) is 5.17. The van der Waals surface area contributed by atoms with Gasteiger partial charge in [0.15, 0.2) is 0 Å². The summed E-state index contributed by atoms with van der Waals surface area (Å²) < 4.78 is 5.31. The third kappa shape index (κ3) is 4.34. The molecular weight excluding hydrogens is 258 g/mol. The fourth-order valence-corrected chi connectivity index (χ4v) is 2.62. The quantitative estimate of drug-likeness (QED) is 0.754. The van der Waals surface area contributed by atoms with Gasteiger partial charge < -0.3 is 14.7 Å². The smallest absolute Gasteiger partial charge is 0.305 e. The van der Waals surface area contributed by atoms with Gasteiger partial charge in [-0.1, -0.05) is 5.57 Å². The molecule has 0 radical (unpaired) electrons. The Morgan fingerprint density at radius 2 is 1.90 bits per heavy atom. The summed E-state index contributed by atoms with van der Waals surface area (Å²) in [5, 5.41) is 8.84. The van der Waals surface area contributed by atoms with Crippen molar-refractivity contribution in [3.05, 3.63) is 11.6 Å². The summed E-state index contributed by atoms with van der Waals surface area (Å²) in [7, 11) is 0. The predicted molar refractivity (Wildman–Crippen MR) is 74.3 cm³/mol. The van der Waals surface area contributed by atoms with Gasteiger partial charge in [0.1, 0.15) is 0 Å². The maximum atomic E-state index is 12.4. The van der Waals surface area contributed by atoms with Crippen molar-refractivity contribution in [1.82, 2.24) is 4.90 Å². The van der Waals surface area contributed by atoms with Crippen LogP contribution in [0.15, 0.2) is 11.6 Å². The number of nitrogens with zero attached hydrogens (tertiary/aromatic N) is 1. The second kappa shape index (κ2) is 6.88. The molecule has 0 spiro atoms. The topological polar surface area (TPSA) is 66.8 Å². The van der Waals surface area contributed by atoms with Crippen molar-refractivity contribution in [2.75, 3.05) is 19.8 Å². The molecule has 112 valence electrons. The first-order chi connectivity index (χ1) is 9.58. The number of hydrogen-bond acceptors (Lipinski definition) is 3. The van der Waals surface area contributed by atoms with E-state index in [9.17, 15) is 9.59 Å². The summed E-state index contributed by atoms with van der Waals surface area (Å²) in [6.07, 6.45) is 5.63. The number of carbonyl (C=O) groups excluding carboxylic acids is 1. The molecule has 1 aliphatic carbocycles. The van der Waals surface area contributed by atoms with Crippen molar-refractivity contribution in [3.63, 3.8) is 0 Å². The Labute approximate surface area is 119 Å². The lowest BCUT2D eigenvalue weighted by Gasteiger charge is -2.33. The Morgan fingerprint density at radius 1 is 1.25 bits per heavy atom. The van der Waals surface area contributed by atoms with E-state index in [0.717, 1.165) is 18.4 Å². The van der Waals surface area contributed by atoms with Crippen LogP contribution in [0.3, 0.4) is 0 Å². The average Bonchev–Trinajstić information content (AvgIpc) is 3.24. The zero-order valence-electron chi connectivity index (χ0n) is 12.0. The third-order valence-electron chi connectivity index (χ3n) is 4.05. The molecule has 1 saturated carbocycles. The van der Waals surface area contributed by atoms with Gasteiger partial charge in [0, 0.05) is 31.9 Å². The minimum Gasteiger partial charge on any atom is -0.481 e. The van der Waals surface area contributed by atoms with Gasteiger partial charge in [-0.25, -0.2) is 0 Å². The lowest BCUT2D eigenvalue weighted by molar-refractivity contribution is -0.138. The number of rotatable bonds is 6. The van der Waals surface area contributed by atoms with Crippen LogP contribution in [-0.2, 0) is 14.3 Å². The molecule has 20 heavy (non-hydrogen) atoms. The molecule has 0 aromatic heterocycles. The molecule has 0 aromatic carbocycles. The van der Waals surface area contributed by atoms with Gasteiger partial charge in [-0.15, -0.1) is 0 Å². The summed E-state index contributed by atoms with van der Waals surface area (Å²) in [4.78, 5) is 24.9. The van der Waals surface area contributed by atoms with Crippen LogP contribution in [0.5, 0.6) is 0 Å². The lowest BCUT2D eigenvalue weighted by atomic mass is 10.1. The van der Waals surface area contributed by atoms with Crippen LogP contribution in [0.2, 0.25) is 0 Å². The van der Waals surface area contributed by atoms with E-state index < -0.39 is 5.97 Å². The Bertz CT molecular complexity index is 395. The third-order valence-corrected chi connectivity index (χ3v) is 4.05. The van der Waals surface area contributed by atoms with Gasteiger partial charge >= 0.3 is 5.97 Å². The van der Waals surface area contributed by atoms with Gasteiger partial charge in [0.2, 0.25) is 5.91 Å². The zero-order valence-corrected chi connectivity index (χ0v) is 12.0. The van der Waals surface area contributed by atoms with E-state index in [2.05, 4.69) is 0 Å². The van der Waals surface area contributed by atoms with Crippen LogP contribution in [0.25, 0.3) is 0 Å². The van der Waals surface area contributed by atoms with Crippen LogP contribution < -0.4 is 0 Å². The summed E-state index contributed by atoms with van der Waals surface area (Å²) in [6, 6.07) is 0.110. The highest BCUT2D eigenvalue weighted by molar-refractivity contribution is 5.89. The number of ether oxygens (including phenoxy) is 1. The first-order valence-electron chi connectivity index (χ1n) is 7.36. The van der Waals surface area contributed by atoms with Crippen LogP contribution in [0, 0.1) is 5.92 Å². The largest absolute Gasteiger partial charge is 0.481 e. The maximum absolute atomic E-state index is 12.4. The molecule has 2 rings (SSSR count). The fourth-order valence-electron chi connectivity index (χ4n) is 2.62. The number of carboxylic acid groups (broad SMARTS) is 1. The van der Waals surface area contributed by atoms with Crippen LogP contribution >= 0.6 is 0 Å². The molecule has 0 atom stereocenters. The van der Waals surface area contributed by atoms with Gasteiger partial charge in [0.25, 0.3) is 0 Å². The van der Waals surface area contributed by atoms with Crippen molar-refractivity contribution in [2.45, 2.75) is 45.1 Å². The Hall–Kier alpha value is -1.36. The molecule has 0 aromatic rings. The Balaban J connectivity index is 2.01. The molecule has 1 saturated heterocycles. The highest BCUT2D eigenvalue weighted by Gasteiger charge is 2.27. The predicted octanol–water partition coefficient (Wildman–Crippen LogP) is 1.82. The summed E-state index contributed by atoms with van der Waals surface area (Å²) >= 11 is 0. The van der Waals surface area contributed by atoms with Crippen LogP contribution in [-0.4, -0.2) is 47.7 Å². The normalized spacial score (nSPS) is 20.8. The second-order valence-corrected chi connectivity index (χ2v) is 5.68. The van der Waals surface area contributed by atoms with Crippen molar-refractivity contribution in [3.8, 4) is 0 Å². The number of amides is 1. The molecule has 2 aliphatic rings. The first-order valence-corrected chi connectivity index (χ1v) is 7.36. The minimum absolute atomic E-state index is 0.000582.